The molecule has 1 nitrogen and oxygen atoms in total. The highest BCUT2D eigenvalue weighted by Crippen LogP contribution is 2.19. The summed E-state index contributed by atoms with van der Waals surface area (Å²) in [5.74, 6) is 0. The zero-order chi connectivity index (χ0) is 10.5. The summed E-state index contributed by atoms with van der Waals surface area (Å²) in [4.78, 5) is 0. The topological polar surface area (TPSA) is 12.0 Å². The molecule has 0 aliphatic heterocycles. The van der Waals surface area contributed by atoms with E-state index < -0.39 is 0 Å². The van der Waals surface area contributed by atoms with Gasteiger partial charge in [0.15, 0.2) is 0 Å². The first-order chi connectivity index (χ1) is 7.42. The van der Waals surface area contributed by atoms with Crippen molar-refractivity contribution < 1.29 is 0 Å². The third-order valence-electron chi connectivity index (χ3n) is 2.37. The lowest BCUT2D eigenvalue weighted by atomic mass is 9.99. The van der Waals surface area contributed by atoms with E-state index >= 15 is 0 Å². The Hall–Kier alpha value is -1.60. The summed E-state index contributed by atoms with van der Waals surface area (Å²) in [5.41, 5.74) is 2.43. The molecule has 0 aliphatic rings. The second-order valence-electron chi connectivity index (χ2n) is 3.36. The van der Waals surface area contributed by atoms with E-state index in [1.807, 2.05) is 19.2 Å². The first-order valence-electron chi connectivity index (χ1n) is 5.07. The van der Waals surface area contributed by atoms with Gasteiger partial charge in [0.2, 0.25) is 0 Å². The lowest BCUT2D eigenvalue weighted by Gasteiger charge is -2.15. The van der Waals surface area contributed by atoms with Gasteiger partial charge in [-0.2, -0.15) is 0 Å². The summed E-state index contributed by atoms with van der Waals surface area (Å²) in [5, 5.41) is 3.25. The van der Waals surface area contributed by atoms with Crippen molar-refractivity contribution in [2.75, 3.05) is 7.05 Å². The monoisotopic (exact) mass is 196 g/mol. The van der Waals surface area contributed by atoms with Crippen LogP contribution in [0.2, 0.25) is 0 Å². The van der Waals surface area contributed by atoms with Gasteiger partial charge in [-0.3, -0.25) is 0 Å². The van der Waals surface area contributed by atoms with Gasteiger partial charge in [0.1, 0.15) is 0 Å². The smallest absolute Gasteiger partial charge is 0.0958 e. The van der Waals surface area contributed by atoms with E-state index in [1.54, 1.807) is 0 Å². The molecule has 15 heavy (non-hydrogen) atoms. The number of benzene rings is 2. The van der Waals surface area contributed by atoms with E-state index in [0.29, 0.717) is 0 Å². The molecule has 0 unspecified atom stereocenters. The van der Waals surface area contributed by atoms with Crippen LogP contribution in [-0.4, -0.2) is 7.05 Å². The van der Waals surface area contributed by atoms with Crippen molar-refractivity contribution in [1.82, 2.24) is 5.32 Å². The second kappa shape index (κ2) is 4.76. The Morgan fingerprint density at radius 1 is 0.733 bits per heavy atom. The first-order valence-corrected chi connectivity index (χ1v) is 5.07. The van der Waals surface area contributed by atoms with Crippen molar-refractivity contribution in [2.24, 2.45) is 0 Å². The van der Waals surface area contributed by atoms with Gasteiger partial charge in [-0.05, 0) is 18.2 Å². The number of nitrogens with one attached hydrogen (secondary N) is 1. The number of hydrogen-bond donors (Lipinski definition) is 1. The van der Waals surface area contributed by atoms with Crippen LogP contribution in [0.25, 0.3) is 0 Å². The van der Waals surface area contributed by atoms with Crippen LogP contribution in [0, 0.1) is 6.04 Å². The molecular formula is C14H14N. The predicted octanol–water partition coefficient (Wildman–Crippen LogP) is 2.83. The Morgan fingerprint density at radius 2 is 1.13 bits per heavy atom. The fourth-order valence-electron chi connectivity index (χ4n) is 1.66. The van der Waals surface area contributed by atoms with Gasteiger partial charge in [0, 0.05) is 0 Å². The molecule has 0 fully saturated rings. The van der Waals surface area contributed by atoms with E-state index in [1.165, 1.54) is 11.1 Å². The lowest BCUT2D eigenvalue weighted by Crippen LogP contribution is -2.18. The fourth-order valence-corrected chi connectivity index (χ4v) is 1.66. The average Bonchev–Trinajstić information content (AvgIpc) is 2.33. The first kappa shape index (κ1) is 9.94. The summed E-state index contributed by atoms with van der Waals surface area (Å²) >= 11 is 0. The van der Waals surface area contributed by atoms with Crippen molar-refractivity contribution >= 4 is 0 Å². The largest absolute Gasteiger partial charge is 0.305 e. The van der Waals surface area contributed by atoms with Crippen molar-refractivity contribution in [2.45, 2.75) is 0 Å². The maximum Gasteiger partial charge on any atom is 0.0958 e. The molecule has 2 aromatic rings. The third-order valence-corrected chi connectivity index (χ3v) is 2.37. The zero-order valence-corrected chi connectivity index (χ0v) is 8.77. The van der Waals surface area contributed by atoms with Gasteiger partial charge in [0.05, 0.1) is 6.04 Å². The fraction of sp³-hybridized carbons (Fsp3) is 0.0714. The minimum absolute atomic E-state index is 1.16. The zero-order valence-electron chi connectivity index (χ0n) is 8.77. The summed E-state index contributed by atoms with van der Waals surface area (Å²) in [6.07, 6.45) is 0. The summed E-state index contributed by atoms with van der Waals surface area (Å²) in [6, 6.07) is 21.9. The second-order valence-corrected chi connectivity index (χ2v) is 3.36. The molecule has 75 valence electrons. The molecule has 0 spiro atoms. The Bertz CT molecular complexity index is 355. The normalized spacial score (nSPS) is 10.5. The van der Waals surface area contributed by atoms with E-state index in [-0.39, 0.29) is 0 Å². The van der Waals surface area contributed by atoms with Gasteiger partial charge >= 0.3 is 0 Å². The Morgan fingerprint density at radius 3 is 1.47 bits per heavy atom. The van der Waals surface area contributed by atoms with Gasteiger partial charge in [-0.25, -0.2) is 0 Å². The highest BCUT2D eigenvalue weighted by atomic mass is 14.9. The molecule has 1 heteroatoms. The van der Waals surface area contributed by atoms with Crippen LogP contribution in [0.1, 0.15) is 11.1 Å². The standard InChI is InChI=1S/C14H14N/c1-15-14(12-8-4-2-5-9-12)13-10-6-3-7-11-13/h2-11,15H,1H3. The Balaban J connectivity index is 2.34. The lowest BCUT2D eigenvalue weighted by molar-refractivity contribution is 0.893. The summed E-state index contributed by atoms with van der Waals surface area (Å²) in [6.45, 7) is 0. The predicted molar refractivity (Wildman–Crippen MR) is 63.4 cm³/mol. The molecule has 2 rings (SSSR count). The molecular weight excluding hydrogens is 182 g/mol. The van der Waals surface area contributed by atoms with Crippen LogP contribution in [-0.2, 0) is 0 Å². The van der Waals surface area contributed by atoms with Gasteiger partial charge in [-0.1, -0.05) is 60.7 Å². The van der Waals surface area contributed by atoms with Gasteiger partial charge < -0.3 is 5.32 Å². The quantitative estimate of drug-likeness (QED) is 0.796. The highest BCUT2D eigenvalue weighted by Gasteiger charge is 2.11. The van der Waals surface area contributed by atoms with E-state index in [0.717, 1.165) is 6.04 Å². The van der Waals surface area contributed by atoms with Gasteiger partial charge in [0.25, 0.3) is 0 Å². The Labute approximate surface area is 90.8 Å². The molecule has 0 bridgehead atoms. The molecule has 1 radical (unpaired) electrons. The molecule has 0 heterocycles. The van der Waals surface area contributed by atoms with Crippen molar-refractivity contribution in [3.63, 3.8) is 0 Å². The van der Waals surface area contributed by atoms with Crippen LogP contribution in [0.5, 0.6) is 0 Å². The molecule has 0 aromatic heterocycles. The van der Waals surface area contributed by atoms with Crippen molar-refractivity contribution in [1.29, 1.82) is 0 Å². The van der Waals surface area contributed by atoms with E-state index in [2.05, 4.69) is 53.8 Å². The van der Waals surface area contributed by atoms with E-state index in [4.69, 9.17) is 0 Å². The minimum atomic E-state index is 1.16. The van der Waals surface area contributed by atoms with Crippen LogP contribution >= 0.6 is 0 Å². The maximum atomic E-state index is 3.25. The summed E-state index contributed by atoms with van der Waals surface area (Å²) in [7, 11) is 1.95. The molecule has 0 saturated carbocycles. The third kappa shape index (κ3) is 2.25. The van der Waals surface area contributed by atoms with Crippen LogP contribution in [0.15, 0.2) is 60.7 Å². The van der Waals surface area contributed by atoms with Crippen molar-refractivity contribution in [3.05, 3.63) is 77.8 Å². The maximum absolute atomic E-state index is 3.25. The van der Waals surface area contributed by atoms with Crippen LogP contribution < -0.4 is 5.32 Å². The molecule has 2 aromatic carbocycles. The SMILES string of the molecule is CN[C](c1ccccc1)c1ccccc1. The molecule has 0 atom stereocenters. The molecule has 0 aliphatic carbocycles. The molecule has 0 amide bonds. The average molecular weight is 196 g/mol. The number of hydrogen-bond acceptors (Lipinski definition) is 1. The van der Waals surface area contributed by atoms with Crippen molar-refractivity contribution in [3.8, 4) is 0 Å². The molecule has 0 saturated heterocycles. The molecule has 1 N–H and O–H groups in total. The highest BCUT2D eigenvalue weighted by molar-refractivity contribution is 5.43. The van der Waals surface area contributed by atoms with E-state index in [9.17, 15) is 0 Å². The Kier molecular flexibility index (Phi) is 3.15. The van der Waals surface area contributed by atoms with Gasteiger partial charge in [-0.15, -0.1) is 0 Å². The van der Waals surface area contributed by atoms with Crippen LogP contribution in [0.4, 0.5) is 0 Å². The summed E-state index contributed by atoms with van der Waals surface area (Å²) < 4.78 is 0. The minimum Gasteiger partial charge on any atom is -0.305 e. The van der Waals surface area contributed by atoms with Crippen LogP contribution in [0.3, 0.4) is 0 Å². The number of rotatable bonds is 3.